The molecule has 0 amide bonds. The average Bonchev–Trinajstić information content (AvgIpc) is 2.44. The standard InChI is InChI=1S/C16H12BrNO2/c1-11-8-13(10-18)3-4-15(11)20-16-5-2-12(6-7-19)9-14(16)17/h2-5,7-9H,6H2,1H3. The number of aryl methyl sites for hydroxylation is 1. The van der Waals surface area contributed by atoms with E-state index in [-0.39, 0.29) is 0 Å². The van der Waals surface area contributed by atoms with Gasteiger partial charge in [0.25, 0.3) is 0 Å². The van der Waals surface area contributed by atoms with Gasteiger partial charge in [-0.1, -0.05) is 6.07 Å². The van der Waals surface area contributed by atoms with Crippen molar-refractivity contribution in [3.63, 3.8) is 0 Å². The molecule has 0 bridgehead atoms. The Bertz CT molecular complexity index is 689. The highest BCUT2D eigenvalue weighted by molar-refractivity contribution is 9.10. The maximum Gasteiger partial charge on any atom is 0.141 e. The molecule has 0 atom stereocenters. The molecule has 0 unspecified atom stereocenters. The molecule has 0 N–H and O–H groups in total. The minimum absolute atomic E-state index is 0.384. The highest BCUT2D eigenvalue weighted by atomic mass is 79.9. The van der Waals surface area contributed by atoms with Crippen molar-refractivity contribution >= 4 is 22.2 Å². The van der Waals surface area contributed by atoms with Gasteiger partial charge in [0.2, 0.25) is 0 Å². The number of ether oxygens (including phenoxy) is 1. The lowest BCUT2D eigenvalue weighted by Gasteiger charge is -2.11. The largest absolute Gasteiger partial charge is 0.456 e. The molecular formula is C16H12BrNO2. The van der Waals surface area contributed by atoms with Crippen LogP contribution >= 0.6 is 15.9 Å². The fraction of sp³-hybridized carbons (Fsp3) is 0.125. The van der Waals surface area contributed by atoms with Crippen LogP contribution in [0.4, 0.5) is 0 Å². The van der Waals surface area contributed by atoms with Gasteiger partial charge in [0, 0.05) is 6.42 Å². The first-order chi connectivity index (χ1) is 9.63. The molecule has 3 nitrogen and oxygen atoms in total. The Morgan fingerprint density at radius 1 is 1.25 bits per heavy atom. The van der Waals surface area contributed by atoms with Crippen LogP contribution in [0.1, 0.15) is 16.7 Å². The van der Waals surface area contributed by atoms with Gasteiger partial charge in [-0.15, -0.1) is 0 Å². The maximum atomic E-state index is 10.5. The van der Waals surface area contributed by atoms with E-state index < -0.39 is 0 Å². The van der Waals surface area contributed by atoms with Gasteiger partial charge in [-0.05, 0) is 64.3 Å². The zero-order valence-corrected chi connectivity index (χ0v) is 12.5. The first-order valence-electron chi connectivity index (χ1n) is 6.04. The predicted molar refractivity (Wildman–Crippen MR) is 79.9 cm³/mol. The van der Waals surface area contributed by atoms with Crippen LogP contribution in [0.3, 0.4) is 0 Å². The summed E-state index contributed by atoms with van der Waals surface area (Å²) < 4.78 is 6.62. The van der Waals surface area contributed by atoms with Gasteiger partial charge in [0.15, 0.2) is 0 Å². The van der Waals surface area contributed by atoms with Gasteiger partial charge in [0.05, 0.1) is 16.1 Å². The monoisotopic (exact) mass is 329 g/mol. The summed E-state index contributed by atoms with van der Waals surface area (Å²) >= 11 is 3.43. The smallest absolute Gasteiger partial charge is 0.141 e. The molecule has 0 saturated carbocycles. The minimum Gasteiger partial charge on any atom is -0.456 e. The van der Waals surface area contributed by atoms with Gasteiger partial charge >= 0.3 is 0 Å². The molecule has 0 aliphatic carbocycles. The third-order valence-corrected chi connectivity index (χ3v) is 3.46. The molecule has 20 heavy (non-hydrogen) atoms. The number of aldehydes is 1. The van der Waals surface area contributed by atoms with Gasteiger partial charge in [-0.3, -0.25) is 0 Å². The molecule has 0 fully saturated rings. The number of halogens is 1. The molecule has 2 rings (SSSR count). The molecular weight excluding hydrogens is 318 g/mol. The second-order valence-electron chi connectivity index (χ2n) is 4.33. The van der Waals surface area contributed by atoms with E-state index >= 15 is 0 Å². The van der Waals surface area contributed by atoms with Crippen molar-refractivity contribution in [2.45, 2.75) is 13.3 Å². The average molecular weight is 330 g/mol. The van der Waals surface area contributed by atoms with E-state index in [1.807, 2.05) is 25.1 Å². The van der Waals surface area contributed by atoms with Gasteiger partial charge in [-0.25, -0.2) is 0 Å². The van der Waals surface area contributed by atoms with Crippen molar-refractivity contribution in [1.82, 2.24) is 0 Å². The number of benzene rings is 2. The van der Waals surface area contributed by atoms with Gasteiger partial charge in [-0.2, -0.15) is 5.26 Å². The van der Waals surface area contributed by atoms with Gasteiger partial charge < -0.3 is 9.53 Å². The minimum atomic E-state index is 0.384. The fourth-order valence-corrected chi connectivity index (χ4v) is 2.31. The molecule has 0 saturated heterocycles. The van der Waals surface area contributed by atoms with Crippen LogP contribution < -0.4 is 4.74 Å². The Kier molecular flexibility index (Phi) is 4.54. The van der Waals surface area contributed by atoms with E-state index in [2.05, 4.69) is 22.0 Å². The summed E-state index contributed by atoms with van der Waals surface area (Å²) in [5.74, 6) is 1.38. The van der Waals surface area contributed by atoms with Crippen LogP contribution in [0.2, 0.25) is 0 Å². The lowest BCUT2D eigenvalue weighted by Crippen LogP contribution is -1.91. The van der Waals surface area contributed by atoms with E-state index in [0.717, 1.165) is 21.9 Å². The topological polar surface area (TPSA) is 50.1 Å². The Hall–Kier alpha value is -2.12. The summed E-state index contributed by atoms with van der Waals surface area (Å²) in [4.78, 5) is 10.5. The molecule has 0 heterocycles. The van der Waals surface area contributed by atoms with Crippen molar-refractivity contribution in [3.05, 3.63) is 57.6 Å². The number of hydrogen-bond donors (Lipinski definition) is 0. The quantitative estimate of drug-likeness (QED) is 0.791. The van der Waals surface area contributed by atoms with Crippen molar-refractivity contribution < 1.29 is 9.53 Å². The number of carbonyl (C=O) groups excluding carboxylic acids is 1. The summed E-state index contributed by atoms with van der Waals surface area (Å²) in [7, 11) is 0. The lowest BCUT2D eigenvalue weighted by molar-refractivity contribution is -0.107. The van der Waals surface area contributed by atoms with E-state index in [1.54, 1.807) is 18.2 Å². The summed E-state index contributed by atoms with van der Waals surface area (Å²) in [6, 6.07) is 12.9. The highest BCUT2D eigenvalue weighted by Gasteiger charge is 2.07. The molecule has 100 valence electrons. The van der Waals surface area contributed by atoms with Crippen LogP contribution in [0.15, 0.2) is 40.9 Å². The van der Waals surface area contributed by atoms with Crippen LogP contribution in [0, 0.1) is 18.3 Å². The van der Waals surface area contributed by atoms with Crippen LogP contribution in [-0.2, 0) is 11.2 Å². The van der Waals surface area contributed by atoms with Crippen molar-refractivity contribution in [3.8, 4) is 17.6 Å². The first-order valence-corrected chi connectivity index (χ1v) is 6.84. The highest BCUT2D eigenvalue weighted by Crippen LogP contribution is 2.32. The maximum absolute atomic E-state index is 10.5. The molecule has 4 heteroatoms. The zero-order valence-electron chi connectivity index (χ0n) is 10.9. The molecule has 2 aromatic rings. The number of carbonyl (C=O) groups is 1. The fourth-order valence-electron chi connectivity index (χ4n) is 1.80. The molecule has 0 radical (unpaired) electrons. The number of nitriles is 1. The Morgan fingerprint density at radius 2 is 2.00 bits per heavy atom. The van der Waals surface area contributed by atoms with Crippen molar-refractivity contribution in [2.24, 2.45) is 0 Å². The molecule has 0 aromatic heterocycles. The predicted octanol–water partition coefficient (Wildman–Crippen LogP) is 4.16. The molecule has 0 spiro atoms. The Morgan fingerprint density at radius 3 is 2.60 bits per heavy atom. The lowest BCUT2D eigenvalue weighted by atomic mass is 10.1. The third kappa shape index (κ3) is 3.25. The molecule has 0 aliphatic rings. The number of rotatable bonds is 4. The van der Waals surface area contributed by atoms with Crippen LogP contribution in [0.25, 0.3) is 0 Å². The van der Waals surface area contributed by atoms with Crippen LogP contribution in [-0.4, -0.2) is 6.29 Å². The van der Waals surface area contributed by atoms with E-state index in [0.29, 0.717) is 23.5 Å². The SMILES string of the molecule is Cc1cc(C#N)ccc1Oc1ccc(CC=O)cc1Br. The second kappa shape index (κ2) is 6.36. The first kappa shape index (κ1) is 14.3. The molecule has 0 aliphatic heterocycles. The normalized spacial score (nSPS) is 9.85. The zero-order chi connectivity index (χ0) is 14.5. The van der Waals surface area contributed by atoms with E-state index in [9.17, 15) is 4.79 Å². The number of nitrogens with zero attached hydrogens (tertiary/aromatic N) is 1. The molecule has 2 aromatic carbocycles. The third-order valence-electron chi connectivity index (χ3n) is 2.84. The summed E-state index contributed by atoms with van der Waals surface area (Å²) in [6.07, 6.45) is 1.25. The summed E-state index contributed by atoms with van der Waals surface area (Å²) in [6.45, 7) is 1.89. The second-order valence-corrected chi connectivity index (χ2v) is 5.18. The van der Waals surface area contributed by atoms with E-state index in [4.69, 9.17) is 10.00 Å². The summed E-state index contributed by atoms with van der Waals surface area (Å²) in [5, 5.41) is 8.84. The Balaban J connectivity index is 2.26. The van der Waals surface area contributed by atoms with Crippen LogP contribution in [0.5, 0.6) is 11.5 Å². The Labute approximate surface area is 125 Å². The van der Waals surface area contributed by atoms with E-state index in [1.165, 1.54) is 0 Å². The van der Waals surface area contributed by atoms with Crippen molar-refractivity contribution in [1.29, 1.82) is 5.26 Å². The van der Waals surface area contributed by atoms with Crippen molar-refractivity contribution in [2.75, 3.05) is 0 Å². The van der Waals surface area contributed by atoms with Gasteiger partial charge in [0.1, 0.15) is 17.8 Å². The number of hydrogen-bond acceptors (Lipinski definition) is 3. The summed E-state index contributed by atoms with van der Waals surface area (Å²) in [5.41, 5.74) is 2.43.